The van der Waals surface area contributed by atoms with E-state index in [1.807, 2.05) is 0 Å². The Morgan fingerprint density at radius 2 is 1.08 bits per heavy atom. The van der Waals surface area contributed by atoms with Crippen molar-refractivity contribution in [1.29, 1.82) is 0 Å². The Bertz CT molecular complexity index is 1390. The van der Waals surface area contributed by atoms with Gasteiger partial charge in [-0.2, -0.15) is 0 Å². The summed E-state index contributed by atoms with van der Waals surface area (Å²) in [5.74, 6) is 0. The van der Waals surface area contributed by atoms with E-state index in [9.17, 15) is 0 Å². The van der Waals surface area contributed by atoms with Crippen molar-refractivity contribution in [2.75, 3.05) is 5.32 Å². The molecule has 184 valence electrons. The van der Waals surface area contributed by atoms with Gasteiger partial charge in [0.25, 0.3) is 0 Å². The van der Waals surface area contributed by atoms with E-state index in [1.165, 1.54) is 44.5 Å². The van der Waals surface area contributed by atoms with E-state index in [4.69, 9.17) is 0 Å². The van der Waals surface area contributed by atoms with Crippen molar-refractivity contribution >= 4 is 11.4 Å². The fraction of sp³-hybridized carbons (Fsp3) is 0.314. The first-order valence-corrected chi connectivity index (χ1v) is 13.1. The Labute approximate surface area is 217 Å². The molecular weight excluding hydrogens is 434 g/mol. The lowest BCUT2D eigenvalue weighted by atomic mass is 9.79. The van der Waals surface area contributed by atoms with Crippen LogP contribution in [-0.4, -0.2) is 0 Å². The van der Waals surface area contributed by atoms with Crippen molar-refractivity contribution < 1.29 is 0 Å². The van der Waals surface area contributed by atoms with Gasteiger partial charge in [-0.3, -0.25) is 0 Å². The first-order valence-electron chi connectivity index (χ1n) is 13.1. The Morgan fingerprint density at radius 1 is 0.528 bits per heavy atom. The summed E-state index contributed by atoms with van der Waals surface area (Å²) in [7, 11) is 0. The van der Waals surface area contributed by atoms with Crippen LogP contribution in [0.5, 0.6) is 0 Å². The van der Waals surface area contributed by atoms with Crippen molar-refractivity contribution in [3.63, 3.8) is 0 Å². The maximum Gasteiger partial charge on any atom is 0.0387 e. The lowest BCUT2D eigenvalue weighted by molar-refractivity contribution is 0.569. The average molecular weight is 474 g/mol. The highest BCUT2D eigenvalue weighted by Gasteiger charge is 2.35. The molecule has 1 aliphatic rings. The van der Waals surface area contributed by atoms with Gasteiger partial charge in [0.15, 0.2) is 0 Å². The number of hydrogen-bond acceptors (Lipinski definition) is 1. The number of fused-ring (bicyclic) bond motifs is 3. The molecule has 0 radical (unpaired) electrons. The third-order valence-corrected chi connectivity index (χ3v) is 7.76. The van der Waals surface area contributed by atoms with Crippen LogP contribution in [0, 0.1) is 0 Å². The van der Waals surface area contributed by atoms with E-state index in [1.54, 1.807) is 0 Å². The summed E-state index contributed by atoms with van der Waals surface area (Å²) >= 11 is 0. The lowest BCUT2D eigenvalue weighted by Crippen LogP contribution is -2.16. The van der Waals surface area contributed by atoms with E-state index in [0.717, 1.165) is 11.4 Å². The standard InChI is InChI=1S/C35H39N/c1-33(2,3)25-19-24(20-26(21-25)34(4,5)6)23-13-15-27(16-14-23)36-28-17-18-30-29-11-9-10-12-31(29)35(7,8)32(30)22-28/h9-22,36H,1-8H3. The molecule has 5 rings (SSSR count). The third kappa shape index (κ3) is 4.37. The second kappa shape index (κ2) is 8.37. The van der Waals surface area contributed by atoms with Crippen molar-refractivity contribution in [2.45, 2.75) is 71.6 Å². The molecule has 0 atom stereocenters. The summed E-state index contributed by atoms with van der Waals surface area (Å²) in [6, 6.07) is 31.6. The van der Waals surface area contributed by atoms with Crippen molar-refractivity contribution in [1.82, 2.24) is 0 Å². The minimum absolute atomic E-state index is 0.0102. The predicted molar refractivity (Wildman–Crippen MR) is 157 cm³/mol. The fourth-order valence-corrected chi connectivity index (χ4v) is 5.36. The molecule has 0 heterocycles. The Hall–Kier alpha value is -3.32. The molecule has 0 bridgehead atoms. The van der Waals surface area contributed by atoms with Gasteiger partial charge in [0.05, 0.1) is 0 Å². The molecule has 0 fully saturated rings. The number of hydrogen-bond donors (Lipinski definition) is 1. The van der Waals surface area contributed by atoms with Gasteiger partial charge < -0.3 is 5.32 Å². The Kier molecular flexibility index (Phi) is 5.67. The van der Waals surface area contributed by atoms with Gasteiger partial charge >= 0.3 is 0 Å². The highest BCUT2D eigenvalue weighted by atomic mass is 14.9. The van der Waals surface area contributed by atoms with E-state index in [2.05, 4.69) is 146 Å². The molecule has 0 amide bonds. The smallest absolute Gasteiger partial charge is 0.0387 e. The molecule has 1 N–H and O–H groups in total. The molecule has 1 heteroatoms. The quantitative estimate of drug-likeness (QED) is 0.312. The monoisotopic (exact) mass is 473 g/mol. The van der Waals surface area contributed by atoms with Crippen LogP contribution in [0.25, 0.3) is 22.3 Å². The van der Waals surface area contributed by atoms with Crippen LogP contribution in [0.15, 0.2) is 84.9 Å². The van der Waals surface area contributed by atoms with Gasteiger partial charge in [0.2, 0.25) is 0 Å². The zero-order valence-corrected chi connectivity index (χ0v) is 23.1. The molecular formula is C35H39N. The summed E-state index contributed by atoms with van der Waals surface area (Å²) in [5.41, 5.74) is 13.3. The molecule has 0 unspecified atom stereocenters. The average Bonchev–Trinajstić information content (AvgIpc) is 3.05. The van der Waals surface area contributed by atoms with Gasteiger partial charge in [-0.25, -0.2) is 0 Å². The van der Waals surface area contributed by atoms with E-state index in [0.29, 0.717) is 0 Å². The zero-order chi connectivity index (χ0) is 25.9. The van der Waals surface area contributed by atoms with Crippen molar-refractivity contribution in [3.05, 3.63) is 107 Å². The summed E-state index contributed by atoms with van der Waals surface area (Å²) in [5, 5.41) is 3.65. The summed E-state index contributed by atoms with van der Waals surface area (Å²) < 4.78 is 0. The second-order valence-electron chi connectivity index (χ2n) is 12.9. The normalized spacial score (nSPS) is 14.3. The van der Waals surface area contributed by atoms with Crippen LogP contribution >= 0.6 is 0 Å². The predicted octanol–water partition coefficient (Wildman–Crippen LogP) is 10.00. The Balaban J connectivity index is 1.44. The van der Waals surface area contributed by atoms with Crippen LogP contribution in [0.3, 0.4) is 0 Å². The fourth-order valence-electron chi connectivity index (χ4n) is 5.36. The minimum atomic E-state index is 0.0102. The molecule has 1 nitrogen and oxygen atoms in total. The summed E-state index contributed by atoms with van der Waals surface area (Å²) in [6.07, 6.45) is 0. The van der Waals surface area contributed by atoms with Crippen LogP contribution < -0.4 is 5.32 Å². The molecule has 0 spiro atoms. The Morgan fingerprint density at radius 3 is 1.69 bits per heavy atom. The summed E-state index contributed by atoms with van der Waals surface area (Å²) in [4.78, 5) is 0. The summed E-state index contributed by atoms with van der Waals surface area (Å²) in [6.45, 7) is 18.4. The van der Waals surface area contributed by atoms with Gasteiger partial charge in [0.1, 0.15) is 0 Å². The first-order chi connectivity index (χ1) is 16.8. The molecule has 1 aliphatic carbocycles. The molecule has 0 saturated carbocycles. The maximum atomic E-state index is 3.65. The van der Waals surface area contributed by atoms with Gasteiger partial charge in [-0.1, -0.05) is 116 Å². The van der Waals surface area contributed by atoms with Crippen LogP contribution in [0.1, 0.15) is 77.6 Å². The number of rotatable bonds is 3. The molecule has 0 aromatic heterocycles. The highest BCUT2D eigenvalue weighted by Crippen LogP contribution is 2.49. The van der Waals surface area contributed by atoms with Crippen molar-refractivity contribution in [3.8, 4) is 22.3 Å². The molecule has 0 aliphatic heterocycles. The number of anilines is 2. The minimum Gasteiger partial charge on any atom is -0.356 e. The molecule has 0 saturated heterocycles. The SMILES string of the molecule is CC(C)(C)c1cc(-c2ccc(Nc3ccc4c(c3)C(C)(C)c3ccccc3-4)cc2)cc(C(C)(C)C)c1. The zero-order valence-electron chi connectivity index (χ0n) is 23.1. The molecule has 4 aromatic carbocycles. The van der Waals surface area contributed by atoms with Crippen LogP contribution in [0.2, 0.25) is 0 Å². The first kappa shape index (κ1) is 24.4. The topological polar surface area (TPSA) is 12.0 Å². The van der Waals surface area contributed by atoms with E-state index >= 15 is 0 Å². The lowest BCUT2D eigenvalue weighted by Gasteiger charge is -2.26. The molecule has 4 aromatic rings. The van der Waals surface area contributed by atoms with Crippen LogP contribution in [-0.2, 0) is 16.2 Å². The number of nitrogens with one attached hydrogen (secondary N) is 1. The maximum absolute atomic E-state index is 3.65. The number of benzene rings is 4. The van der Waals surface area contributed by atoms with E-state index < -0.39 is 0 Å². The van der Waals surface area contributed by atoms with Crippen molar-refractivity contribution in [2.24, 2.45) is 0 Å². The van der Waals surface area contributed by atoms with Gasteiger partial charge in [0, 0.05) is 16.8 Å². The van der Waals surface area contributed by atoms with Gasteiger partial charge in [-0.15, -0.1) is 0 Å². The molecule has 36 heavy (non-hydrogen) atoms. The van der Waals surface area contributed by atoms with Gasteiger partial charge in [-0.05, 0) is 79.6 Å². The largest absolute Gasteiger partial charge is 0.356 e. The second-order valence-corrected chi connectivity index (χ2v) is 12.9. The third-order valence-electron chi connectivity index (χ3n) is 7.76. The highest BCUT2D eigenvalue weighted by molar-refractivity contribution is 5.83. The van der Waals surface area contributed by atoms with E-state index in [-0.39, 0.29) is 16.2 Å². The van der Waals surface area contributed by atoms with Crippen LogP contribution in [0.4, 0.5) is 11.4 Å².